The lowest BCUT2D eigenvalue weighted by molar-refractivity contribution is 0.0978. The molecular weight excluding hydrogens is 412 g/mol. The number of aliphatic hydroxyl groups is 1. The van der Waals surface area contributed by atoms with Crippen LogP contribution in [0.25, 0.3) is 10.9 Å². The first-order valence-electron chi connectivity index (χ1n) is 11.7. The van der Waals surface area contributed by atoms with Crippen LogP contribution < -0.4 is 5.32 Å². The Morgan fingerprint density at radius 3 is 2.74 bits per heavy atom. The van der Waals surface area contributed by atoms with E-state index in [1.54, 1.807) is 6.92 Å². The van der Waals surface area contributed by atoms with E-state index in [1.165, 1.54) is 16.5 Å². The SMILES string of the molecule is CCCN1C[C@@H](NC(=O)N(CC)CC)CC2c3cc(C(C)O)cc4[nH]c(Cl)c(c34)C[C@H]21. The molecule has 1 aliphatic carbocycles. The summed E-state index contributed by atoms with van der Waals surface area (Å²) in [7, 11) is 0. The van der Waals surface area contributed by atoms with Crippen LogP contribution in [-0.4, -0.2) is 64.2 Å². The topological polar surface area (TPSA) is 71.6 Å². The summed E-state index contributed by atoms with van der Waals surface area (Å²) in [6.45, 7) is 11.3. The molecule has 2 unspecified atom stereocenters. The fraction of sp³-hybridized carbons (Fsp3) is 0.625. The van der Waals surface area contributed by atoms with E-state index in [1.807, 2.05) is 24.8 Å². The molecule has 1 aliphatic heterocycles. The van der Waals surface area contributed by atoms with Crippen LogP contribution in [0.15, 0.2) is 12.1 Å². The summed E-state index contributed by atoms with van der Waals surface area (Å²) in [5.74, 6) is 0.294. The summed E-state index contributed by atoms with van der Waals surface area (Å²) < 4.78 is 0. The molecule has 6 nitrogen and oxygen atoms in total. The largest absolute Gasteiger partial charge is 0.389 e. The predicted octanol–water partition coefficient (Wildman–Crippen LogP) is 4.42. The summed E-state index contributed by atoms with van der Waals surface area (Å²) in [5.41, 5.74) is 4.36. The van der Waals surface area contributed by atoms with E-state index in [0.29, 0.717) is 30.2 Å². The molecular formula is C24H35ClN4O2. The molecule has 2 aromatic rings. The Morgan fingerprint density at radius 2 is 2.10 bits per heavy atom. The van der Waals surface area contributed by atoms with Crippen LogP contribution in [0.1, 0.15) is 69.2 Å². The molecule has 4 atom stereocenters. The molecule has 170 valence electrons. The number of hydrogen-bond donors (Lipinski definition) is 3. The maximum Gasteiger partial charge on any atom is 0.317 e. The molecule has 7 heteroatoms. The van der Waals surface area contributed by atoms with Gasteiger partial charge in [-0.15, -0.1) is 0 Å². The molecule has 1 aromatic heterocycles. The van der Waals surface area contributed by atoms with Crippen molar-refractivity contribution in [3.8, 4) is 0 Å². The van der Waals surface area contributed by atoms with E-state index in [2.05, 4.69) is 28.2 Å². The van der Waals surface area contributed by atoms with Gasteiger partial charge in [-0.1, -0.05) is 24.6 Å². The molecule has 3 N–H and O–H groups in total. The number of carbonyl (C=O) groups excluding carboxylic acids is 1. The third-order valence-electron chi connectivity index (χ3n) is 7.11. The molecule has 1 aromatic carbocycles. The molecule has 0 spiro atoms. The number of amides is 2. The number of likely N-dealkylation sites (tertiary alicyclic amines) is 1. The maximum absolute atomic E-state index is 12.8. The average Bonchev–Trinajstić information content (AvgIpc) is 3.05. The number of aromatic amines is 1. The van der Waals surface area contributed by atoms with Gasteiger partial charge in [0.05, 0.1) is 6.10 Å². The first kappa shape index (κ1) is 22.4. The third kappa shape index (κ3) is 4.06. The lowest BCUT2D eigenvalue weighted by Gasteiger charge is -2.47. The van der Waals surface area contributed by atoms with Crippen molar-refractivity contribution in [1.29, 1.82) is 0 Å². The number of rotatable bonds is 6. The van der Waals surface area contributed by atoms with Gasteiger partial charge in [-0.05, 0) is 69.3 Å². The molecule has 0 bridgehead atoms. The normalized spacial score (nSPS) is 24.1. The van der Waals surface area contributed by atoms with Gasteiger partial charge in [-0.25, -0.2) is 4.79 Å². The molecule has 0 saturated carbocycles. The van der Waals surface area contributed by atoms with Crippen LogP contribution in [0.3, 0.4) is 0 Å². The molecule has 31 heavy (non-hydrogen) atoms. The molecule has 2 aliphatic rings. The zero-order valence-corrected chi connectivity index (χ0v) is 19.8. The Kier molecular flexibility index (Phi) is 6.52. The van der Waals surface area contributed by atoms with Crippen molar-refractivity contribution in [1.82, 2.24) is 20.1 Å². The number of fused-ring (bicyclic) bond motifs is 2. The van der Waals surface area contributed by atoms with Crippen molar-refractivity contribution < 1.29 is 9.90 Å². The Labute approximate surface area is 189 Å². The van der Waals surface area contributed by atoms with Crippen molar-refractivity contribution >= 4 is 28.5 Å². The van der Waals surface area contributed by atoms with Gasteiger partial charge in [0.1, 0.15) is 5.15 Å². The number of hydrogen-bond acceptors (Lipinski definition) is 3. The number of H-pyrrole nitrogens is 1. The molecule has 1 saturated heterocycles. The summed E-state index contributed by atoms with van der Waals surface area (Å²) in [6.07, 6.45) is 2.34. The first-order valence-corrected chi connectivity index (χ1v) is 12.1. The number of nitrogens with one attached hydrogen (secondary N) is 2. The summed E-state index contributed by atoms with van der Waals surface area (Å²) >= 11 is 6.63. The van der Waals surface area contributed by atoms with E-state index in [0.717, 1.165) is 43.4 Å². The number of aromatic nitrogens is 1. The quantitative estimate of drug-likeness (QED) is 0.615. The smallest absolute Gasteiger partial charge is 0.317 e. The minimum absolute atomic E-state index is 0.0222. The standard InChI is InChI=1S/C24H35ClN4O2/c1-5-8-29-13-16(26-24(31)28(6-2)7-3)11-17-18-9-15(14(4)30)10-20-22(18)19(12-21(17)29)23(25)27-20/h9-10,14,16-17,21,27,30H,5-8,11-13H2,1-4H3,(H,26,31)/t14?,16-,17?,21+/m0/s1. The van der Waals surface area contributed by atoms with Crippen molar-refractivity contribution in [2.45, 2.75) is 71.1 Å². The van der Waals surface area contributed by atoms with Crippen molar-refractivity contribution in [2.75, 3.05) is 26.2 Å². The van der Waals surface area contributed by atoms with Crippen molar-refractivity contribution in [3.05, 3.63) is 34.0 Å². The van der Waals surface area contributed by atoms with E-state index in [9.17, 15) is 9.90 Å². The predicted molar refractivity (Wildman–Crippen MR) is 126 cm³/mol. The van der Waals surface area contributed by atoms with Gasteiger partial charge in [-0.2, -0.15) is 0 Å². The zero-order valence-electron chi connectivity index (χ0n) is 19.0. The first-order chi connectivity index (χ1) is 14.9. The molecule has 2 heterocycles. The number of piperidine rings is 1. The number of nitrogens with zero attached hydrogens (tertiary/aromatic N) is 2. The lowest BCUT2D eigenvalue weighted by atomic mass is 9.73. The maximum atomic E-state index is 12.8. The highest BCUT2D eigenvalue weighted by Crippen LogP contribution is 2.46. The van der Waals surface area contributed by atoms with Crippen molar-refractivity contribution in [2.24, 2.45) is 0 Å². The monoisotopic (exact) mass is 446 g/mol. The summed E-state index contributed by atoms with van der Waals surface area (Å²) in [5, 5.41) is 15.5. The minimum Gasteiger partial charge on any atom is -0.389 e. The molecule has 4 rings (SSSR count). The Hall–Kier alpha value is -1.76. The van der Waals surface area contributed by atoms with Crippen LogP contribution in [-0.2, 0) is 6.42 Å². The van der Waals surface area contributed by atoms with Gasteiger partial charge in [0, 0.05) is 48.5 Å². The Morgan fingerprint density at radius 1 is 1.35 bits per heavy atom. The molecule has 0 radical (unpaired) electrons. The fourth-order valence-electron chi connectivity index (χ4n) is 5.60. The highest BCUT2D eigenvalue weighted by atomic mass is 35.5. The Balaban J connectivity index is 1.73. The van der Waals surface area contributed by atoms with Gasteiger partial charge in [0.15, 0.2) is 0 Å². The van der Waals surface area contributed by atoms with Gasteiger partial charge in [-0.3, -0.25) is 4.90 Å². The Bertz CT molecular complexity index is 953. The second-order valence-electron chi connectivity index (χ2n) is 9.05. The van der Waals surface area contributed by atoms with Crippen LogP contribution in [0.5, 0.6) is 0 Å². The summed E-state index contributed by atoms with van der Waals surface area (Å²) in [4.78, 5) is 20.5. The number of carbonyl (C=O) groups is 1. The van der Waals surface area contributed by atoms with Gasteiger partial charge in [0.25, 0.3) is 0 Å². The highest BCUT2D eigenvalue weighted by Gasteiger charge is 2.42. The highest BCUT2D eigenvalue weighted by molar-refractivity contribution is 6.32. The van der Waals surface area contributed by atoms with Gasteiger partial charge in [0.2, 0.25) is 0 Å². The third-order valence-corrected chi connectivity index (χ3v) is 7.44. The van der Waals surface area contributed by atoms with Crippen LogP contribution in [0.4, 0.5) is 4.79 Å². The van der Waals surface area contributed by atoms with Crippen LogP contribution in [0, 0.1) is 0 Å². The van der Waals surface area contributed by atoms with E-state index in [4.69, 9.17) is 11.6 Å². The van der Waals surface area contributed by atoms with Crippen LogP contribution in [0.2, 0.25) is 5.15 Å². The number of urea groups is 1. The second-order valence-corrected chi connectivity index (χ2v) is 9.43. The number of benzene rings is 1. The van der Waals surface area contributed by atoms with Crippen molar-refractivity contribution in [3.63, 3.8) is 0 Å². The zero-order chi connectivity index (χ0) is 22.3. The van der Waals surface area contributed by atoms with E-state index >= 15 is 0 Å². The molecule has 2 amide bonds. The average molecular weight is 447 g/mol. The minimum atomic E-state index is -0.542. The number of halogens is 1. The second kappa shape index (κ2) is 9.00. The van der Waals surface area contributed by atoms with E-state index < -0.39 is 6.10 Å². The fourth-order valence-corrected chi connectivity index (χ4v) is 5.88. The van der Waals surface area contributed by atoms with Crippen LogP contribution >= 0.6 is 11.6 Å². The van der Waals surface area contributed by atoms with Gasteiger partial charge < -0.3 is 20.3 Å². The number of aliphatic hydroxyl groups excluding tert-OH is 1. The van der Waals surface area contributed by atoms with E-state index in [-0.39, 0.29) is 12.1 Å². The lowest BCUT2D eigenvalue weighted by Crippen LogP contribution is -2.57. The summed E-state index contributed by atoms with van der Waals surface area (Å²) in [6, 6.07) is 4.66. The molecule has 1 fully saturated rings. The van der Waals surface area contributed by atoms with Gasteiger partial charge >= 0.3 is 6.03 Å².